The van der Waals surface area contributed by atoms with Crippen molar-refractivity contribution in [1.82, 2.24) is 5.32 Å². The molecule has 6 heteroatoms. The maximum absolute atomic E-state index is 12.6. The van der Waals surface area contributed by atoms with Gasteiger partial charge >= 0.3 is 0 Å². The van der Waals surface area contributed by atoms with Crippen LogP contribution in [0.1, 0.15) is 24.9 Å². The second kappa shape index (κ2) is 7.79. The van der Waals surface area contributed by atoms with Gasteiger partial charge in [0.2, 0.25) is 11.8 Å². The highest BCUT2D eigenvalue weighted by Gasteiger charge is 2.35. The number of ether oxygens (including phenoxy) is 1. The highest BCUT2D eigenvalue weighted by Crippen LogP contribution is 2.28. The summed E-state index contributed by atoms with van der Waals surface area (Å²) in [6.07, 6.45) is 0.205. The molecule has 1 fully saturated rings. The van der Waals surface area contributed by atoms with Gasteiger partial charge in [-0.15, -0.1) is 0 Å². The summed E-state index contributed by atoms with van der Waals surface area (Å²) in [5.41, 5.74) is 1.71. The lowest BCUT2D eigenvalue weighted by atomic mass is 10.1. The number of anilines is 1. The Labute approximate surface area is 157 Å². The van der Waals surface area contributed by atoms with Crippen molar-refractivity contribution in [3.63, 3.8) is 0 Å². The van der Waals surface area contributed by atoms with Crippen LogP contribution in [-0.2, 0) is 9.59 Å². The minimum atomic E-state index is -0.372. The number of hydrogen-bond acceptors (Lipinski definition) is 3. The monoisotopic (exact) mass is 372 g/mol. The molecule has 2 unspecified atom stereocenters. The topological polar surface area (TPSA) is 58.6 Å². The fourth-order valence-electron chi connectivity index (χ4n) is 3.08. The van der Waals surface area contributed by atoms with Crippen LogP contribution in [0.5, 0.6) is 5.75 Å². The van der Waals surface area contributed by atoms with Gasteiger partial charge in [0, 0.05) is 29.7 Å². The molecule has 1 N–H and O–H groups in total. The molecule has 0 aliphatic carbocycles. The molecule has 0 aromatic heterocycles. The number of methoxy groups -OCH3 is 1. The molecule has 1 aliphatic heterocycles. The summed E-state index contributed by atoms with van der Waals surface area (Å²) >= 11 is 5.90. The Morgan fingerprint density at radius 1 is 1.27 bits per heavy atom. The van der Waals surface area contributed by atoms with Gasteiger partial charge in [0.25, 0.3) is 0 Å². The van der Waals surface area contributed by atoms with E-state index in [4.69, 9.17) is 16.3 Å². The summed E-state index contributed by atoms with van der Waals surface area (Å²) in [5.74, 6) is 0.131. The number of benzene rings is 2. The summed E-state index contributed by atoms with van der Waals surface area (Å²) < 4.78 is 5.21. The van der Waals surface area contributed by atoms with Crippen molar-refractivity contribution in [3.05, 3.63) is 59.1 Å². The molecule has 0 bridgehead atoms. The van der Waals surface area contributed by atoms with Crippen LogP contribution in [0.25, 0.3) is 0 Å². The second-order valence-electron chi connectivity index (χ2n) is 6.39. The summed E-state index contributed by atoms with van der Waals surface area (Å²) in [5, 5.41) is 3.64. The smallest absolute Gasteiger partial charge is 0.227 e. The van der Waals surface area contributed by atoms with Gasteiger partial charge in [-0.2, -0.15) is 0 Å². The maximum Gasteiger partial charge on any atom is 0.227 e. The highest BCUT2D eigenvalue weighted by molar-refractivity contribution is 6.30. The molecule has 2 atom stereocenters. The van der Waals surface area contributed by atoms with Gasteiger partial charge < -0.3 is 15.0 Å². The van der Waals surface area contributed by atoms with Crippen LogP contribution >= 0.6 is 11.6 Å². The van der Waals surface area contributed by atoms with E-state index in [1.807, 2.05) is 37.3 Å². The fraction of sp³-hybridized carbons (Fsp3) is 0.300. The van der Waals surface area contributed by atoms with Crippen molar-refractivity contribution in [2.24, 2.45) is 5.92 Å². The molecule has 5 nitrogen and oxygen atoms in total. The molecular formula is C20H21ClN2O3. The van der Waals surface area contributed by atoms with Crippen LogP contribution < -0.4 is 15.0 Å². The SMILES string of the molecule is COc1cccc(N2CC(C(=O)NC(C)c3ccc(Cl)cc3)CC2=O)c1. The molecule has 1 aliphatic rings. The number of nitrogens with zero attached hydrogens (tertiary/aromatic N) is 1. The van der Waals surface area contributed by atoms with Gasteiger partial charge in [-0.3, -0.25) is 9.59 Å². The Morgan fingerprint density at radius 3 is 2.69 bits per heavy atom. The molecule has 0 radical (unpaired) electrons. The first-order chi connectivity index (χ1) is 12.5. The largest absolute Gasteiger partial charge is 0.497 e. The third kappa shape index (κ3) is 3.99. The lowest BCUT2D eigenvalue weighted by Crippen LogP contribution is -2.34. The number of rotatable bonds is 5. The predicted molar refractivity (Wildman–Crippen MR) is 101 cm³/mol. The Balaban J connectivity index is 1.65. The van der Waals surface area contributed by atoms with E-state index in [-0.39, 0.29) is 30.2 Å². The third-order valence-corrected chi connectivity index (χ3v) is 4.84. The number of amides is 2. The van der Waals surface area contributed by atoms with E-state index < -0.39 is 0 Å². The van der Waals surface area contributed by atoms with E-state index in [0.717, 1.165) is 11.3 Å². The van der Waals surface area contributed by atoms with Crippen molar-refractivity contribution in [1.29, 1.82) is 0 Å². The van der Waals surface area contributed by atoms with Crippen molar-refractivity contribution < 1.29 is 14.3 Å². The van der Waals surface area contributed by atoms with E-state index in [0.29, 0.717) is 17.3 Å². The summed E-state index contributed by atoms with van der Waals surface area (Å²) in [7, 11) is 1.58. The summed E-state index contributed by atoms with van der Waals surface area (Å²) in [6.45, 7) is 2.28. The van der Waals surface area contributed by atoms with Crippen LogP contribution in [0.4, 0.5) is 5.69 Å². The molecular weight excluding hydrogens is 352 g/mol. The van der Waals surface area contributed by atoms with Gasteiger partial charge in [-0.25, -0.2) is 0 Å². The van der Waals surface area contributed by atoms with Gasteiger partial charge in [-0.05, 0) is 36.8 Å². The normalized spacial score (nSPS) is 17.9. The standard InChI is InChI=1S/C20H21ClN2O3/c1-13(14-6-8-16(21)9-7-14)22-20(25)15-10-19(24)23(12-15)17-4-3-5-18(11-17)26-2/h3-9,11,13,15H,10,12H2,1-2H3,(H,22,25). The fourth-order valence-corrected chi connectivity index (χ4v) is 3.20. The number of carbonyl (C=O) groups excluding carboxylic acids is 2. The summed E-state index contributed by atoms with van der Waals surface area (Å²) in [4.78, 5) is 26.6. The van der Waals surface area contributed by atoms with Crippen molar-refractivity contribution >= 4 is 29.1 Å². The average Bonchev–Trinajstić information content (AvgIpc) is 3.04. The Bertz CT molecular complexity index is 807. The molecule has 1 saturated heterocycles. The van der Waals surface area contributed by atoms with Crippen molar-refractivity contribution in [2.75, 3.05) is 18.6 Å². The van der Waals surface area contributed by atoms with Gasteiger partial charge in [0.05, 0.1) is 19.1 Å². The van der Waals surface area contributed by atoms with Crippen LogP contribution in [-0.4, -0.2) is 25.5 Å². The lowest BCUT2D eigenvalue weighted by Gasteiger charge is -2.19. The van der Waals surface area contributed by atoms with Crippen LogP contribution in [0.15, 0.2) is 48.5 Å². The van der Waals surface area contributed by atoms with Crippen LogP contribution in [0.3, 0.4) is 0 Å². The van der Waals surface area contributed by atoms with Crippen molar-refractivity contribution in [3.8, 4) is 5.75 Å². The van der Waals surface area contributed by atoms with Crippen molar-refractivity contribution in [2.45, 2.75) is 19.4 Å². The van der Waals surface area contributed by atoms with Crippen LogP contribution in [0.2, 0.25) is 5.02 Å². The Morgan fingerprint density at radius 2 is 2.00 bits per heavy atom. The van der Waals surface area contributed by atoms with E-state index >= 15 is 0 Å². The molecule has 0 saturated carbocycles. The van der Waals surface area contributed by atoms with E-state index in [1.165, 1.54) is 0 Å². The zero-order chi connectivity index (χ0) is 18.7. The highest BCUT2D eigenvalue weighted by atomic mass is 35.5. The van der Waals surface area contributed by atoms with E-state index in [9.17, 15) is 9.59 Å². The Kier molecular flexibility index (Phi) is 5.47. The molecule has 2 amide bonds. The minimum Gasteiger partial charge on any atom is -0.497 e. The lowest BCUT2D eigenvalue weighted by molar-refractivity contribution is -0.126. The first-order valence-corrected chi connectivity index (χ1v) is 8.86. The van der Waals surface area contributed by atoms with E-state index in [2.05, 4.69) is 5.32 Å². The van der Waals surface area contributed by atoms with Gasteiger partial charge in [0.15, 0.2) is 0 Å². The maximum atomic E-state index is 12.6. The molecule has 136 valence electrons. The molecule has 2 aromatic rings. The molecule has 3 rings (SSSR count). The first kappa shape index (κ1) is 18.3. The quantitative estimate of drug-likeness (QED) is 0.872. The molecule has 26 heavy (non-hydrogen) atoms. The van der Waals surface area contributed by atoms with Gasteiger partial charge in [0.1, 0.15) is 5.75 Å². The number of carbonyl (C=O) groups is 2. The second-order valence-corrected chi connectivity index (χ2v) is 6.83. The number of nitrogens with one attached hydrogen (secondary N) is 1. The van der Waals surface area contributed by atoms with Crippen LogP contribution in [0, 0.1) is 5.92 Å². The molecule has 0 spiro atoms. The third-order valence-electron chi connectivity index (χ3n) is 4.59. The zero-order valence-electron chi connectivity index (χ0n) is 14.7. The average molecular weight is 373 g/mol. The zero-order valence-corrected chi connectivity index (χ0v) is 15.5. The molecule has 1 heterocycles. The number of halogens is 1. The summed E-state index contributed by atoms with van der Waals surface area (Å²) in [6, 6.07) is 14.5. The minimum absolute atomic E-state index is 0.0578. The Hall–Kier alpha value is -2.53. The van der Waals surface area contributed by atoms with E-state index in [1.54, 1.807) is 30.2 Å². The van der Waals surface area contributed by atoms with Gasteiger partial charge in [-0.1, -0.05) is 29.8 Å². The molecule has 2 aromatic carbocycles. The first-order valence-electron chi connectivity index (χ1n) is 8.48. The number of hydrogen-bond donors (Lipinski definition) is 1. The predicted octanol–water partition coefficient (Wildman–Crippen LogP) is 3.58.